The van der Waals surface area contributed by atoms with Gasteiger partial charge in [0.2, 0.25) is 10.0 Å². The molecule has 2 N–H and O–H groups in total. The van der Waals surface area contributed by atoms with Crippen LogP contribution in [0.5, 0.6) is 0 Å². The predicted molar refractivity (Wildman–Crippen MR) is 109 cm³/mol. The zero-order valence-electron chi connectivity index (χ0n) is 17.0. The monoisotopic (exact) mass is 399 g/mol. The van der Waals surface area contributed by atoms with Gasteiger partial charge in [-0.25, -0.2) is 8.42 Å². The van der Waals surface area contributed by atoms with Crippen LogP contribution >= 0.6 is 0 Å². The zero-order chi connectivity index (χ0) is 20.4. The minimum Gasteiger partial charge on any atom is -0.383 e. The summed E-state index contributed by atoms with van der Waals surface area (Å²) in [6.45, 7) is 9.33. The highest BCUT2D eigenvalue weighted by Gasteiger charge is 2.24. The topological polar surface area (TPSA) is 87.7 Å². The normalized spacial score (nSPS) is 12.8. The number of nitrogens with zero attached hydrogens (tertiary/aromatic N) is 1. The van der Waals surface area contributed by atoms with Crippen LogP contribution in [-0.4, -0.2) is 58.0 Å². The first-order valence-corrected chi connectivity index (χ1v) is 10.9. The first kappa shape index (κ1) is 23.4. The van der Waals surface area contributed by atoms with Crippen molar-refractivity contribution in [1.82, 2.24) is 9.62 Å². The van der Waals surface area contributed by atoms with Crippen LogP contribution in [-0.2, 0) is 14.8 Å². The van der Waals surface area contributed by atoms with Gasteiger partial charge in [0, 0.05) is 38.5 Å². The lowest BCUT2D eigenvalue weighted by atomic mass is 10.1. The lowest BCUT2D eigenvalue weighted by Crippen LogP contribution is -2.34. The Bertz CT molecular complexity index is 703. The average molecular weight is 400 g/mol. The van der Waals surface area contributed by atoms with Gasteiger partial charge < -0.3 is 15.4 Å². The van der Waals surface area contributed by atoms with E-state index in [1.807, 2.05) is 6.92 Å². The molecule has 0 saturated carbocycles. The summed E-state index contributed by atoms with van der Waals surface area (Å²) in [5.74, 6) is -0.285. The van der Waals surface area contributed by atoms with Crippen LogP contribution in [0, 0.1) is 0 Å². The summed E-state index contributed by atoms with van der Waals surface area (Å²) >= 11 is 0. The smallest absolute Gasteiger partial charge is 0.253 e. The molecule has 1 aromatic carbocycles. The van der Waals surface area contributed by atoms with E-state index in [9.17, 15) is 13.2 Å². The maximum atomic E-state index is 12.8. The predicted octanol–water partition coefficient (Wildman–Crippen LogP) is 2.69. The molecule has 7 nitrogen and oxygen atoms in total. The Hall–Kier alpha value is -1.64. The van der Waals surface area contributed by atoms with E-state index in [1.165, 1.54) is 16.4 Å². The number of benzene rings is 1. The molecule has 0 fully saturated rings. The Morgan fingerprint density at radius 2 is 1.89 bits per heavy atom. The van der Waals surface area contributed by atoms with Crippen LogP contribution in [0.4, 0.5) is 5.69 Å². The number of rotatable bonds is 12. The third-order valence-electron chi connectivity index (χ3n) is 4.30. The zero-order valence-corrected chi connectivity index (χ0v) is 17.9. The SMILES string of the molecule is CCCC(C)NC(=O)c1cc(S(=O)(=O)N(CC)CC)ccc1NCCOC. The van der Waals surface area contributed by atoms with Crippen molar-refractivity contribution in [3.05, 3.63) is 23.8 Å². The van der Waals surface area contributed by atoms with Gasteiger partial charge in [-0.2, -0.15) is 4.31 Å². The molecule has 0 aliphatic carbocycles. The Kier molecular flexibility index (Phi) is 9.76. The van der Waals surface area contributed by atoms with Crippen LogP contribution in [0.25, 0.3) is 0 Å². The second-order valence-electron chi connectivity index (χ2n) is 6.38. The number of ether oxygens (including phenoxy) is 1. The highest BCUT2D eigenvalue weighted by Crippen LogP contribution is 2.23. The number of hydrogen-bond acceptors (Lipinski definition) is 5. The van der Waals surface area contributed by atoms with Crippen LogP contribution in [0.3, 0.4) is 0 Å². The van der Waals surface area contributed by atoms with Gasteiger partial charge in [-0.1, -0.05) is 27.2 Å². The first-order chi connectivity index (χ1) is 12.8. The Balaban J connectivity index is 3.26. The summed E-state index contributed by atoms with van der Waals surface area (Å²) < 4.78 is 32.0. The van der Waals surface area contributed by atoms with Gasteiger partial charge in [0.05, 0.1) is 17.1 Å². The maximum Gasteiger partial charge on any atom is 0.253 e. The van der Waals surface area contributed by atoms with Crippen molar-refractivity contribution < 1.29 is 17.9 Å². The molecule has 0 aliphatic rings. The van der Waals surface area contributed by atoms with E-state index in [2.05, 4.69) is 17.6 Å². The van der Waals surface area contributed by atoms with Crippen molar-refractivity contribution >= 4 is 21.6 Å². The fourth-order valence-electron chi connectivity index (χ4n) is 2.83. The minimum atomic E-state index is -3.64. The van der Waals surface area contributed by atoms with Gasteiger partial charge in [0.15, 0.2) is 0 Å². The van der Waals surface area contributed by atoms with Crippen molar-refractivity contribution in [3.63, 3.8) is 0 Å². The number of sulfonamides is 1. The summed E-state index contributed by atoms with van der Waals surface area (Å²) in [4.78, 5) is 12.9. The molecule has 1 amide bonds. The second-order valence-corrected chi connectivity index (χ2v) is 8.32. The van der Waals surface area contributed by atoms with Gasteiger partial charge in [-0.15, -0.1) is 0 Å². The summed E-state index contributed by atoms with van der Waals surface area (Å²) in [7, 11) is -2.04. The second kappa shape index (κ2) is 11.3. The van der Waals surface area contributed by atoms with E-state index in [0.29, 0.717) is 37.5 Å². The Labute approximate surface area is 163 Å². The van der Waals surface area contributed by atoms with Crippen LogP contribution in [0.2, 0.25) is 0 Å². The van der Waals surface area contributed by atoms with E-state index in [-0.39, 0.29) is 16.8 Å². The molecule has 0 spiro atoms. The highest BCUT2D eigenvalue weighted by molar-refractivity contribution is 7.89. The molecule has 0 bridgehead atoms. The fourth-order valence-corrected chi connectivity index (χ4v) is 4.32. The van der Waals surface area contributed by atoms with Crippen LogP contribution in [0.15, 0.2) is 23.1 Å². The molecule has 8 heteroatoms. The molecule has 0 aromatic heterocycles. The molecular formula is C19H33N3O4S. The first-order valence-electron chi connectivity index (χ1n) is 9.49. The molecule has 1 atom stereocenters. The van der Waals surface area contributed by atoms with Crippen LogP contribution in [0.1, 0.15) is 50.9 Å². The van der Waals surface area contributed by atoms with Gasteiger partial charge in [0.25, 0.3) is 5.91 Å². The Morgan fingerprint density at radius 3 is 2.44 bits per heavy atom. The summed E-state index contributed by atoms with van der Waals surface area (Å²) in [6.07, 6.45) is 1.81. The van der Waals surface area contributed by atoms with Crippen molar-refractivity contribution in [2.24, 2.45) is 0 Å². The molecule has 0 heterocycles. The lowest BCUT2D eigenvalue weighted by molar-refractivity contribution is 0.0939. The number of methoxy groups -OCH3 is 1. The number of amides is 1. The highest BCUT2D eigenvalue weighted by atomic mass is 32.2. The molecule has 1 rings (SSSR count). The van der Waals surface area contributed by atoms with Crippen LogP contribution < -0.4 is 10.6 Å². The molecule has 154 valence electrons. The summed E-state index contributed by atoms with van der Waals surface area (Å²) in [5.41, 5.74) is 0.911. The molecule has 0 radical (unpaired) electrons. The van der Waals surface area contributed by atoms with Crippen molar-refractivity contribution in [2.45, 2.75) is 51.5 Å². The number of carbonyl (C=O) groups excluding carboxylic acids is 1. The lowest BCUT2D eigenvalue weighted by Gasteiger charge is -2.20. The number of nitrogens with one attached hydrogen (secondary N) is 2. The molecule has 0 aliphatic heterocycles. The van der Waals surface area contributed by atoms with Gasteiger partial charge in [0.1, 0.15) is 0 Å². The van der Waals surface area contributed by atoms with Crippen molar-refractivity contribution in [2.75, 3.05) is 38.7 Å². The third-order valence-corrected chi connectivity index (χ3v) is 6.35. The third kappa shape index (κ3) is 6.48. The molecule has 27 heavy (non-hydrogen) atoms. The average Bonchev–Trinajstić information content (AvgIpc) is 2.62. The number of hydrogen-bond donors (Lipinski definition) is 2. The van der Waals surface area contributed by atoms with E-state index >= 15 is 0 Å². The molecule has 1 aromatic rings. The number of carbonyl (C=O) groups is 1. The van der Waals surface area contributed by atoms with Gasteiger partial charge in [-0.05, 0) is 31.5 Å². The largest absolute Gasteiger partial charge is 0.383 e. The van der Waals surface area contributed by atoms with Gasteiger partial charge in [-0.3, -0.25) is 4.79 Å². The quantitative estimate of drug-likeness (QED) is 0.528. The standard InChI is InChI=1S/C19H33N3O4S/c1-6-9-15(4)21-19(23)17-14-16(27(24,25)22(7-2)8-3)10-11-18(17)20-12-13-26-5/h10-11,14-15,20H,6-9,12-13H2,1-5H3,(H,21,23). The molecular weight excluding hydrogens is 366 g/mol. The van der Waals surface area contributed by atoms with E-state index in [1.54, 1.807) is 27.0 Å². The van der Waals surface area contributed by atoms with E-state index < -0.39 is 10.0 Å². The fraction of sp³-hybridized carbons (Fsp3) is 0.632. The van der Waals surface area contributed by atoms with Crippen molar-refractivity contribution in [1.29, 1.82) is 0 Å². The Morgan fingerprint density at radius 1 is 1.22 bits per heavy atom. The van der Waals surface area contributed by atoms with E-state index in [4.69, 9.17) is 4.74 Å². The van der Waals surface area contributed by atoms with Gasteiger partial charge >= 0.3 is 0 Å². The number of anilines is 1. The molecule has 0 saturated heterocycles. The summed E-state index contributed by atoms with van der Waals surface area (Å²) in [5, 5.41) is 6.09. The van der Waals surface area contributed by atoms with Crippen molar-refractivity contribution in [3.8, 4) is 0 Å². The molecule has 1 unspecified atom stereocenters. The maximum absolute atomic E-state index is 12.8. The minimum absolute atomic E-state index is 0.0115. The summed E-state index contributed by atoms with van der Waals surface area (Å²) in [6, 6.07) is 4.65. The van der Waals surface area contributed by atoms with E-state index in [0.717, 1.165) is 12.8 Å².